The smallest absolute Gasteiger partial charge is 0.251 e. The second-order valence-electron chi connectivity index (χ2n) is 4.45. The van der Waals surface area contributed by atoms with E-state index in [9.17, 15) is 9.59 Å². The Hall–Kier alpha value is -1.88. The van der Waals surface area contributed by atoms with Crippen LogP contribution in [0.25, 0.3) is 0 Å². The van der Waals surface area contributed by atoms with Crippen LogP contribution in [-0.4, -0.2) is 32.0 Å². The van der Waals surface area contributed by atoms with Crippen molar-refractivity contribution >= 4 is 17.5 Å². The molecule has 1 aliphatic rings. The van der Waals surface area contributed by atoms with Crippen molar-refractivity contribution in [2.24, 2.45) is 5.92 Å². The molecule has 1 heterocycles. The van der Waals surface area contributed by atoms with Gasteiger partial charge in [-0.15, -0.1) is 0 Å². The molecule has 1 fully saturated rings. The SMILES string of the molecule is CNC(=O)c1ccc(NC(=O)C2CNC2)c(C)c1. The number of benzene rings is 1. The van der Waals surface area contributed by atoms with Gasteiger partial charge >= 0.3 is 0 Å². The second kappa shape index (κ2) is 5.18. The molecule has 0 radical (unpaired) electrons. The summed E-state index contributed by atoms with van der Waals surface area (Å²) >= 11 is 0. The van der Waals surface area contributed by atoms with Crippen molar-refractivity contribution in [2.75, 3.05) is 25.5 Å². The highest BCUT2D eigenvalue weighted by Gasteiger charge is 2.25. The molecule has 0 bridgehead atoms. The molecule has 0 saturated carbocycles. The molecule has 2 amide bonds. The van der Waals surface area contributed by atoms with E-state index < -0.39 is 0 Å². The number of carbonyl (C=O) groups excluding carboxylic acids is 2. The molecule has 96 valence electrons. The van der Waals surface area contributed by atoms with Crippen LogP contribution in [0.15, 0.2) is 18.2 Å². The van der Waals surface area contributed by atoms with E-state index in [1.165, 1.54) is 0 Å². The van der Waals surface area contributed by atoms with Gasteiger partial charge in [0.2, 0.25) is 5.91 Å². The summed E-state index contributed by atoms with van der Waals surface area (Å²) in [6, 6.07) is 5.25. The van der Waals surface area contributed by atoms with Gasteiger partial charge in [-0.3, -0.25) is 9.59 Å². The molecule has 18 heavy (non-hydrogen) atoms. The first kappa shape index (κ1) is 12.6. The monoisotopic (exact) mass is 247 g/mol. The molecule has 2 rings (SSSR count). The molecule has 5 nitrogen and oxygen atoms in total. The molecule has 0 unspecified atom stereocenters. The number of hydrogen-bond acceptors (Lipinski definition) is 3. The summed E-state index contributed by atoms with van der Waals surface area (Å²) in [4.78, 5) is 23.2. The third-order valence-corrected chi connectivity index (χ3v) is 3.13. The van der Waals surface area contributed by atoms with Crippen molar-refractivity contribution in [1.82, 2.24) is 10.6 Å². The quantitative estimate of drug-likeness (QED) is 0.729. The fraction of sp³-hybridized carbons (Fsp3) is 0.385. The average Bonchev–Trinajstić information content (AvgIpc) is 2.28. The van der Waals surface area contributed by atoms with Crippen LogP contribution < -0.4 is 16.0 Å². The number of rotatable bonds is 3. The summed E-state index contributed by atoms with van der Waals surface area (Å²) in [6.07, 6.45) is 0. The molecule has 0 spiro atoms. The maximum absolute atomic E-state index is 11.8. The maximum atomic E-state index is 11.8. The molecule has 1 aromatic carbocycles. The van der Waals surface area contributed by atoms with Gasteiger partial charge in [0.05, 0.1) is 5.92 Å². The Morgan fingerprint density at radius 1 is 1.33 bits per heavy atom. The van der Waals surface area contributed by atoms with E-state index in [-0.39, 0.29) is 17.7 Å². The van der Waals surface area contributed by atoms with E-state index in [0.29, 0.717) is 5.56 Å². The van der Waals surface area contributed by atoms with Crippen LogP contribution in [0.4, 0.5) is 5.69 Å². The van der Waals surface area contributed by atoms with Crippen LogP contribution in [0.1, 0.15) is 15.9 Å². The Morgan fingerprint density at radius 2 is 2.06 bits per heavy atom. The lowest BCUT2D eigenvalue weighted by Crippen LogP contribution is -2.48. The summed E-state index contributed by atoms with van der Waals surface area (Å²) in [5.41, 5.74) is 2.24. The number of hydrogen-bond donors (Lipinski definition) is 3. The predicted molar refractivity (Wildman–Crippen MR) is 69.6 cm³/mol. The van der Waals surface area contributed by atoms with Gasteiger partial charge in [-0.05, 0) is 30.7 Å². The summed E-state index contributed by atoms with van der Waals surface area (Å²) < 4.78 is 0. The molecule has 5 heteroatoms. The van der Waals surface area contributed by atoms with Crippen molar-refractivity contribution in [3.05, 3.63) is 29.3 Å². The number of aryl methyl sites for hydroxylation is 1. The third-order valence-electron chi connectivity index (χ3n) is 3.13. The Morgan fingerprint density at radius 3 is 2.56 bits per heavy atom. The topological polar surface area (TPSA) is 70.2 Å². The second-order valence-corrected chi connectivity index (χ2v) is 4.45. The minimum atomic E-state index is -0.126. The van der Waals surface area contributed by atoms with Crippen LogP contribution in [0, 0.1) is 12.8 Å². The number of carbonyl (C=O) groups is 2. The Labute approximate surface area is 106 Å². The van der Waals surface area contributed by atoms with Crippen LogP contribution in [0.3, 0.4) is 0 Å². The van der Waals surface area contributed by atoms with Gasteiger partial charge in [-0.2, -0.15) is 0 Å². The van der Waals surface area contributed by atoms with Gasteiger partial charge in [0, 0.05) is 31.4 Å². The molecule has 3 N–H and O–H groups in total. The molecule has 0 atom stereocenters. The maximum Gasteiger partial charge on any atom is 0.251 e. The van der Waals surface area contributed by atoms with Gasteiger partial charge in [0.25, 0.3) is 5.91 Å². The fourth-order valence-corrected chi connectivity index (χ4v) is 1.80. The zero-order valence-corrected chi connectivity index (χ0v) is 10.5. The number of amides is 2. The summed E-state index contributed by atoms with van der Waals surface area (Å²) in [5, 5.41) is 8.52. The van der Waals surface area contributed by atoms with E-state index >= 15 is 0 Å². The highest BCUT2D eigenvalue weighted by molar-refractivity contribution is 5.97. The molecule has 1 saturated heterocycles. The molecule has 0 aliphatic carbocycles. The predicted octanol–water partition coefficient (Wildman–Crippen LogP) is 0.513. The lowest BCUT2D eigenvalue weighted by molar-refractivity contribution is -0.121. The van der Waals surface area contributed by atoms with Crippen molar-refractivity contribution in [3.8, 4) is 0 Å². The van der Waals surface area contributed by atoms with Crippen molar-refractivity contribution < 1.29 is 9.59 Å². The largest absolute Gasteiger partial charge is 0.355 e. The Bertz CT molecular complexity index is 481. The minimum Gasteiger partial charge on any atom is -0.355 e. The van der Waals surface area contributed by atoms with E-state index in [1.807, 2.05) is 6.92 Å². The van der Waals surface area contributed by atoms with Crippen LogP contribution >= 0.6 is 0 Å². The van der Waals surface area contributed by atoms with Crippen molar-refractivity contribution in [1.29, 1.82) is 0 Å². The van der Waals surface area contributed by atoms with Gasteiger partial charge in [-0.25, -0.2) is 0 Å². The molecule has 0 aromatic heterocycles. The van der Waals surface area contributed by atoms with E-state index in [2.05, 4.69) is 16.0 Å². The zero-order chi connectivity index (χ0) is 13.1. The summed E-state index contributed by atoms with van der Waals surface area (Å²) in [7, 11) is 1.59. The van der Waals surface area contributed by atoms with Crippen LogP contribution in [0.5, 0.6) is 0 Å². The van der Waals surface area contributed by atoms with Crippen LogP contribution in [0.2, 0.25) is 0 Å². The van der Waals surface area contributed by atoms with Crippen molar-refractivity contribution in [2.45, 2.75) is 6.92 Å². The Kier molecular flexibility index (Phi) is 3.62. The van der Waals surface area contributed by atoms with E-state index in [4.69, 9.17) is 0 Å². The van der Waals surface area contributed by atoms with Gasteiger partial charge < -0.3 is 16.0 Å². The zero-order valence-electron chi connectivity index (χ0n) is 10.5. The van der Waals surface area contributed by atoms with Gasteiger partial charge in [0.1, 0.15) is 0 Å². The fourth-order valence-electron chi connectivity index (χ4n) is 1.80. The lowest BCUT2D eigenvalue weighted by Gasteiger charge is -2.26. The average molecular weight is 247 g/mol. The summed E-state index contributed by atoms with van der Waals surface area (Å²) in [6.45, 7) is 3.35. The first-order chi connectivity index (χ1) is 8.61. The van der Waals surface area contributed by atoms with Crippen molar-refractivity contribution in [3.63, 3.8) is 0 Å². The first-order valence-electron chi connectivity index (χ1n) is 5.96. The Balaban J connectivity index is 2.09. The third kappa shape index (κ3) is 2.51. The molecule has 1 aromatic rings. The molecule has 1 aliphatic heterocycles. The summed E-state index contributed by atoms with van der Waals surface area (Å²) in [5.74, 6) is -0.0354. The van der Waals surface area contributed by atoms with E-state index in [1.54, 1.807) is 25.2 Å². The number of nitrogens with one attached hydrogen (secondary N) is 3. The lowest BCUT2D eigenvalue weighted by atomic mass is 10.0. The minimum absolute atomic E-state index is 0.0320. The van der Waals surface area contributed by atoms with E-state index in [0.717, 1.165) is 24.3 Å². The first-order valence-corrected chi connectivity index (χ1v) is 5.96. The van der Waals surface area contributed by atoms with Crippen LogP contribution in [-0.2, 0) is 4.79 Å². The normalized spacial score (nSPS) is 14.8. The standard InChI is InChI=1S/C13H17N3O2/c1-8-5-9(12(17)14-2)3-4-11(8)16-13(18)10-6-15-7-10/h3-5,10,15H,6-7H2,1-2H3,(H,14,17)(H,16,18). The molecular formula is C13H17N3O2. The molecular weight excluding hydrogens is 230 g/mol. The van der Waals surface area contributed by atoms with Gasteiger partial charge in [-0.1, -0.05) is 0 Å². The highest BCUT2D eigenvalue weighted by Crippen LogP contribution is 2.18. The number of anilines is 1. The van der Waals surface area contributed by atoms with Gasteiger partial charge in [0.15, 0.2) is 0 Å². The highest BCUT2D eigenvalue weighted by atomic mass is 16.2.